The third kappa shape index (κ3) is 4.24. The second-order valence-corrected chi connectivity index (χ2v) is 6.95. The van der Waals surface area contributed by atoms with E-state index < -0.39 is 0 Å². The quantitative estimate of drug-likeness (QED) is 0.729. The molecule has 23 heavy (non-hydrogen) atoms. The third-order valence-corrected chi connectivity index (χ3v) is 5.31. The molecule has 0 unspecified atom stereocenters. The van der Waals surface area contributed by atoms with E-state index in [1.54, 1.807) is 36.3 Å². The highest BCUT2D eigenvalue weighted by Crippen LogP contribution is 2.25. The van der Waals surface area contributed by atoms with Gasteiger partial charge >= 0.3 is 0 Å². The zero-order chi connectivity index (χ0) is 16.1. The number of carbonyl (C=O) groups is 1. The molecule has 1 amide bonds. The number of aromatic nitrogens is 1. The van der Waals surface area contributed by atoms with E-state index in [0.29, 0.717) is 5.75 Å². The molecule has 1 aromatic heterocycles. The number of anilines is 1. The van der Waals surface area contributed by atoms with E-state index >= 15 is 0 Å². The molecular formula is C17H16N2O2S2. The Kier molecular flexibility index (Phi) is 5.15. The second kappa shape index (κ2) is 7.48. The molecular weight excluding hydrogens is 328 g/mol. The van der Waals surface area contributed by atoms with Gasteiger partial charge in [-0.3, -0.25) is 4.79 Å². The van der Waals surface area contributed by atoms with Crippen LogP contribution < -0.4 is 10.1 Å². The van der Waals surface area contributed by atoms with Gasteiger partial charge in [-0.15, -0.1) is 23.1 Å². The Labute approximate surface area is 142 Å². The van der Waals surface area contributed by atoms with Crippen LogP contribution in [0.5, 0.6) is 5.75 Å². The molecule has 1 N–H and O–H groups in total. The van der Waals surface area contributed by atoms with E-state index in [9.17, 15) is 4.79 Å². The topological polar surface area (TPSA) is 51.2 Å². The van der Waals surface area contributed by atoms with Crippen LogP contribution in [0.2, 0.25) is 0 Å². The Morgan fingerprint density at radius 1 is 1.26 bits per heavy atom. The van der Waals surface area contributed by atoms with Crippen LogP contribution >= 0.6 is 23.1 Å². The summed E-state index contributed by atoms with van der Waals surface area (Å²) in [6.45, 7) is 0. The molecule has 0 saturated carbocycles. The van der Waals surface area contributed by atoms with Crippen molar-refractivity contribution in [3.8, 4) is 5.75 Å². The maximum Gasteiger partial charge on any atom is 0.234 e. The molecule has 4 nitrogen and oxygen atoms in total. The van der Waals surface area contributed by atoms with Crippen molar-refractivity contribution in [1.29, 1.82) is 0 Å². The van der Waals surface area contributed by atoms with Crippen molar-refractivity contribution >= 4 is 44.9 Å². The minimum Gasteiger partial charge on any atom is -0.497 e. The van der Waals surface area contributed by atoms with E-state index in [0.717, 1.165) is 27.7 Å². The number of fused-ring (bicyclic) bond motifs is 1. The maximum absolute atomic E-state index is 12.0. The van der Waals surface area contributed by atoms with Gasteiger partial charge in [-0.1, -0.05) is 18.2 Å². The van der Waals surface area contributed by atoms with Crippen molar-refractivity contribution in [3.63, 3.8) is 0 Å². The van der Waals surface area contributed by atoms with Gasteiger partial charge in [0.1, 0.15) is 10.8 Å². The van der Waals surface area contributed by atoms with E-state index in [2.05, 4.69) is 16.4 Å². The Bertz CT molecular complexity index is 784. The fourth-order valence-corrected chi connectivity index (χ4v) is 3.96. The SMILES string of the molecule is COc1cccc(NC(=O)CSCc2nc3ccccc3s2)c1. The number of hydrogen-bond donors (Lipinski definition) is 1. The van der Waals surface area contributed by atoms with Crippen LogP contribution in [0.25, 0.3) is 10.2 Å². The molecule has 0 aliphatic rings. The number of para-hydroxylation sites is 1. The van der Waals surface area contributed by atoms with Gasteiger partial charge in [0.05, 0.1) is 23.1 Å². The van der Waals surface area contributed by atoms with Crippen LogP contribution in [0.15, 0.2) is 48.5 Å². The number of rotatable bonds is 6. The van der Waals surface area contributed by atoms with Gasteiger partial charge in [0.15, 0.2) is 0 Å². The predicted molar refractivity (Wildman–Crippen MR) is 97.4 cm³/mol. The van der Waals surface area contributed by atoms with Gasteiger partial charge in [-0.2, -0.15) is 0 Å². The average molecular weight is 344 g/mol. The first-order valence-corrected chi connectivity index (χ1v) is 9.08. The highest BCUT2D eigenvalue weighted by Gasteiger charge is 2.07. The number of ether oxygens (including phenoxy) is 1. The number of thioether (sulfide) groups is 1. The minimum atomic E-state index is -0.0237. The Balaban J connectivity index is 1.50. The maximum atomic E-state index is 12.0. The molecule has 0 aliphatic heterocycles. The van der Waals surface area contributed by atoms with Crippen molar-refractivity contribution < 1.29 is 9.53 Å². The van der Waals surface area contributed by atoms with Crippen LogP contribution in [0.1, 0.15) is 5.01 Å². The molecule has 1 heterocycles. The van der Waals surface area contributed by atoms with Crippen molar-refractivity contribution in [2.75, 3.05) is 18.2 Å². The van der Waals surface area contributed by atoms with Crippen LogP contribution in [0, 0.1) is 0 Å². The first-order chi connectivity index (χ1) is 11.2. The third-order valence-electron chi connectivity index (χ3n) is 3.15. The molecule has 0 atom stereocenters. The lowest BCUT2D eigenvalue weighted by molar-refractivity contribution is -0.113. The zero-order valence-corrected chi connectivity index (χ0v) is 14.2. The zero-order valence-electron chi connectivity index (χ0n) is 12.6. The Morgan fingerprint density at radius 2 is 2.13 bits per heavy atom. The van der Waals surface area contributed by atoms with Gasteiger partial charge < -0.3 is 10.1 Å². The van der Waals surface area contributed by atoms with Crippen molar-refractivity contribution in [1.82, 2.24) is 4.98 Å². The first-order valence-electron chi connectivity index (χ1n) is 7.11. The van der Waals surface area contributed by atoms with Gasteiger partial charge in [0, 0.05) is 17.5 Å². The molecule has 0 bridgehead atoms. The van der Waals surface area contributed by atoms with Crippen LogP contribution in [-0.4, -0.2) is 23.8 Å². The molecule has 6 heteroatoms. The number of benzene rings is 2. The molecule has 118 valence electrons. The average Bonchev–Trinajstić information content (AvgIpc) is 2.97. The summed E-state index contributed by atoms with van der Waals surface area (Å²) in [6, 6.07) is 15.4. The smallest absolute Gasteiger partial charge is 0.234 e. The van der Waals surface area contributed by atoms with Gasteiger partial charge in [0.2, 0.25) is 5.91 Å². The number of hydrogen-bond acceptors (Lipinski definition) is 5. The molecule has 0 aliphatic carbocycles. The second-order valence-electron chi connectivity index (χ2n) is 4.85. The summed E-state index contributed by atoms with van der Waals surface area (Å²) in [6.07, 6.45) is 0. The van der Waals surface area contributed by atoms with Crippen molar-refractivity contribution in [2.45, 2.75) is 5.75 Å². The number of methoxy groups -OCH3 is 1. The van der Waals surface area contributed by atoms with Gasteiger partial charge in [0.25, 0.3) is 0 Å². The van der Waals surface area contributed by atoms with Crippen LogP contribution in [0.4, 0.5) is 5.69 Å². The fraction of sp³-hybridized carbons (Fsp3) is 0.176. The Hall–Kier alpha value is -2.05. The fourth-order valence-electron chi connectivity index (χ4n) is 2.11. The number of nitrogens with one attached hydrogen (secondary N) is 1. The lowest BCUT2D eigenvalue weighted by atomic mass is 10.3. The molecule has 2 aromatic carbocycles. The van der Waals surface area contributed by atoms with Gasteiger partial charge in [-0.25, -0.2) is 4.98 Å². The number of amides is 1. The standard InChI is InChI=1S/C17H16N2O2S2/c1-21-13-6-4-5-12(9-13)18-16(20)10-22-11-17-19-14-7-2-3-8-15(14)23-17/h2-9H,10-11H2,1H3,(H,18,20). The number of carbonyl (C=O) groups excluding carboxylic acids is 1. The summed E-state index contributed by atoms with van der Waals surface area (Å²) in [7, 11) is 1.61. The number of thiazole rings is 1. The molecule has 3 rings (SSSR count). The lowest BCUT2D eigenvalue weighted by Crippen LogP contribution is -2.14. The highest BCUT2D eigenvalue weighted by molar-refractivity contribution is 7.99. The van der Waals surface area contributed by atoms with E-state index in [4.69, 9.17) is 4.74 Å². The Morgan fingerprint density at radius 3 is 2.96 bits per heavy atom. The highest BCUT2D eigenvalue weighted by atomic mass is 32.2. The largest absolute Gasteiger partial charge is 0.497 e. The lowest BCUT2D eigenvalue weighted by Gasteiger charge is -2.06. The van der Waals surface area contributed by atoms with Crippen LogP contribution in [0.3, 0.4) is 0 Å². The molecule has 0 spiro atoms. The molecule has 0 fully saturated rings. The van der Waals surface area contributed by atoms with Crippen molar-refractivity contribution in [2.24, 2.45) is 0 Å². The normalized spacial score (nSPS) is 10.7. The molecule has 0 saturated heterocycles. The first kappa shape index (κ1) is 15.8. The number of nitrogens with zero attached hydrogens (tertiary/aromatic N) is 1. The van der Waals surface area contributed by atoms with Gasteiger partial charge in [-0.05, 0) is 24.3 Å². The monoisotopic (exact) mass is 344 g/mol. The summed E-state index contributed by atoms with van der Waals surface area (Å²) < 4.78 is 6.33. The van der Waals surface area contributed by atoms with E-state index in [1.807, 2.05) is 36.4 Å². The predicted octanol–water partition coefficient (Wildman–Crippen LogP) is 4.18. The van der Waals surface area contributed by atoms with E-state index in [1.165, 1.54) is 4.70 Å². The summed E-state index contributed by atoms with van der Waals surface area (Å²) in [5.74, 6) is 1.84. The molecule has 0 radical (unpaired) electrons. The molecule has 3 aromatic rings. The summed E-state index contributed by atoms with van der Waals surface area (Å²) >= 11 is 3.24. The summed E-state index contributed by atoms with van der Waals surface area (Å²) in [5, 5.41) is 3.92. The van der Waals surface area contributed by atoms with Crippen LogP contribution in [-0.2, 0) is 10.5 Å². The minimum absolute atomic E-state index is 0.0237. The summed E-state index contributed by atoms with van der Waals surface area (Å²) in [5.41, 5.74) is 1.77. The van der Waals surface area contributed by atoms with E-state index in [-0.39, 0.29) is 5.91 Å². The van der Waals surface area contributed by atoms with Crippen molar-refractivity contribution in [3.05, 3.63) is 53.5 Å². The summed E-state index contributed by atoms with van der Waals surface area (Å²) in [4.78, 5) is 16.6.